The highest BCUT2D eigenvalue weighted by molar-refractivity contribution is 7.91. The van der Waals surface area contributed by atoms with E-state index in [0.717, 1.165) is 0 Å². The predicted molar refractivity (Wildman–Crippen MR) is 150 cm³/mol. The molecule has 3 aromatic heterocycles. The lowest BCUT2D eigenvalue weighted by molar-refractivity contribution is 0.254. The Morgan fingerprint density at radius 2 is 1.93 bits per heavy atom. The van der Waals surface area contributed by atoms with Crippen LogP contribution in [0.2, 0.25) is 0 Å². The zero-order chi connectivity index (χ0) is 28.4. The number of fused-ring (bicyclic) bond motifs is 1. The molecule has 0 saturated carbocycles. The van der Waals surface area contributed by atoms with Crippen LogP contribution in [0.15, 0.2) is 59.7 Å². The van der Waals surface area contributed by atoms with Crippen molar-refractivity contribution < 1.29 is 17.2 Å². The first-order valence-electron chi connectivity index (χ1n) is 12.8. The lowest BCUT2D eigenvalue weighted by atomic mass is 10.1. The van der Waals surface area contributed by atoms with Gasteiger partial charge in [0.2, 0.25) is 16.0 Å². The van der Waals surface area contributed by atoms with Gasteiger partial charge in [-0.2, -0.15) is 4.98 Å². The number of benzene rings is 1. The fourth-order valence-corrected chi connectivity index (χ4v) is 5.84. The number of piperidine rings is 1. The Morgan fingerprint density at radius 3 is 2.62 bits per heavy atom. The van der Waals surface area contributed by atoms with Crippen molar-refractivity contribution in [2.75, 3.05) is 23.1 Å². The van der Waals surface area contributed by atoms with Crippen LogP contribution in [0.4, 0.5) is 20.5 Å². The fraction of sp³-hybridized carbons (Fsp3) is 0.333. The molecule has 0 radical (unpaired) electrons. The average Bonchev–Trinajstić information content (AvgIpc) is 2.90. The van der Waals surface area contributed by atoms with Crippen LogP contribution in [0, 0.1) is 5.82 Å². The van der Waals surface area contributed by atoms with E-state index in [0.29, 0.717) is 47.6 Å². The molecule has 1 aromatic carbocycles. The molecule has 40 heavy (non-hydrogen) atoms. The molecule has 0 bridgehead atoms. The third-order valence-electron chi connectivity index (χ3n) is 6.56. The molecular formula is C27H29F2N7O3S. The summed E-state index contributed by atoms with van der Waals surface area (Å²) in [6, 6.07) is 9.93. The highest BCUT2D eigenvalue weighted by Crippen LogP contribution is 2.24. The maximum absolute atomic E-state index is 13.9. The highest BCUT2D eigenvalue weighted by Gasteiger charge is 2.22. The van der Waals surface area contributed by atoms with Crippen molar-refractivity contribution in [3.63, 3.8) is 0 Å². The second kappa shape index (κ2) is 11.3. The summed E-state index contributed by atoms with van der Waals surface area (Å²) < 4.78 is 56.7. The molecule has 10 nitrogen and oxygen atoms in total. The normalized spacial score (nSPS) is 17.7. The first-order chi connectivity index (χ1) is 19.1. The topological polar surface area (TPSA) is 131 Å². The SMILES string of the molecule is CC(C)n1c(=O)c(-c2ccc(NS(=O)(=O)Cc3ccccc3F)nc2)cc2cnc(N[C@@H]3CNC[C@@H](F)C3)nc21. The van der Waals surface area contributed by atoms with Crippen LogP contribution in [-0.4, -0.2) is 53.2 Å². The minimum absolute atomic E-state index is 0.0387. The Hall–Kier alpha value is -3.97. The van der Waals surface area contributed by atoms with Crippen LogP contribution in [0.3, 0.4) is 0 Å². The predicted octanol–water partition coefficient (Wildman–Crippen LogP) is 3.63. The fourth-order valence-electron chi connectivity index (χ4n) is 4.69. The van der Waals surface area contributed by atoms with Crippen molar-refractivity contribution >= 4 is 32.8 Å². The van der Waals surface area contributed by atoms with Gasteiger partial charge >= 0.3 is 0 Å². The van der Waals surface area contributed by atoms with Crippen molar-refractivity contribution in [2.45, 2.75) is 44.3 Å². The van der Waals surface area contributed by atoms with E-state index in [1.807, 2.05) is 13.8 Å². The Balaban J connectivity index is 1.41. The van der Waals surface area contributed by atoms with Crippen molar-refractivity contribution in [2.24, 2.45) is 0 Å². The Kier molecular flexibility index (Phi) is 7.76. The Morgan fingerprint density at radius 1 is 1.12 bits per heavy atom. The van der Waals surface area contributed by atoms with Gasteiger partial charge in [0.1, 0.15) is 23.5 Å². The molecular weight excluding hydrogens is 540 g/mol. The quantitative estimate of drug-likeness (QED) is 0.293. The molecule has 1 fully saturated rings. The van der Waals surface area contributed by atoms with Gasteiger partial charge in [-0.3, -0.25) is 14.1 Å². The second-order valence-electron chi connectivity index (χ2n) is 10.0. The monoisotopic (exact) mass is 569 g/mol. The summed E-state index contributed by atoms with van der Waals surface area (Å²) in [6.45, 7) is 4.64. The van der Waals surface area contributed by atoms with E-state index >= 15 is 0 Å². The average molecular weight is 570 g/mol. The van der Waals surface area contributed by atoms with Crippen LogP contribution in [0.1, 0.15) is 31.9 Å². The molecule has 3 N–H and O–H groups in total. The van der Waals surface area contributed by atoms with Gasteiger partial charge in [-0.25, -0.2) is 27.2 Å². The van der Waals surface area contributed by atoms with Gasteiger partial charge in [0, 0.05) is 66.1 Å². The molecule has 1 aliphatic rings. The summed E-state index contributed by atoms with van der Waals surface area (Å²) in [5.74, 6) is -0.810. The standard InChI is InChI=1S/C27H29F2N7O3S/c1-16(2)36-25-19(12-32-27(34-25)33-21-10-20(28)13-30-14-21)9-22(26(36)37)17-7-8-24(31-11-17)35-40(38,39)15-18-5-3-4-6-23(18)29/h3-9,11-12,16,20-21,30H,10,13-15H2,1-2H3,(H,31,35)(H,32,33,34)/t20-,21-/m0/s1. The summed E-state index contributed by atoms with van der Waals surface area (Å²) in [5.41, 5.74) is 0.996. The number of rotatable bonds is 8. The van der Waals surface area contributed by atoms with E-state index in [-0.39, 0.29) is 29.0 Å². The lowest BCUT2D eigenvalue weighted by Gasteiger charge is -2.26. The number of nitrogens with zero attached hydrogens (tertiary/aromatic N) is 4. The van der Waals surface area contributed by atoms with E-state index in [1.54, 1.807) is 29.0 Å². The van der Waals surface area contributed by atoms with Crippen LogP contribution < -0.4 is 20.9 Å². The number of aromatic nitrogens is 4. The first kappa shape index (κ1) is 27.6. The smallest absolute Gasteiger partial charge is 0.260 e. The third-order valence-corrected chi connectivity index (χ3v) is 7.77. The molecule has 1 aliphatic heterocycles. The summed E-state index contributed by atoms with van der Waals surface area (Å²) in [4.78, 5) is 26.7. The van der Waals surface area contributed by atoms with Crippen LogP contribution in [-0.2, 0) is 15.8 Å². The number of halogens is 2. The molecule has 5 rings (SSSR count). The van der Waals surface area contributed by atoms with E-state index < -0.39 is 27.8 Å². The Bertz CT molecular complexity index is 1700. The van der Waals surface area contributed by atoms with E-state index in [4.69, 9.17) is 0 Å². The first-order valence-corrected chi connectivity index (χ1v) is 14.5. The highest BCUT2D eigenvalue weighted by atomic mass is 32.2. The minimum atomic E-state index is -3.93. The number of hydrogen-bond acceptors (Lipinski definition) is 8. The van der Waals surface area contributed by atoms with Gasteiger partial charge < -0.3 is 10.6 Å². The maximum atomic E-state index is 13.9. The van der Waals surface area contributed by atoms with Crippen molar-refractivity contribution in [3.05, 3.63) is 76.6 Å². The molecule has 0 aliphatic carbocycles. The number of alkyl halides is 1. The van der Waals surface area contributed by atoms with Gasteiger partial charge in [0.25, 0.3) is 5.56 Å². The number of hydrogen-bond donors (Lipinski definition) is 3. The van der Waals surface area contributed by atoms with E-state index in [2.05, 4.69) is 30.3 Å². The molecule has 4 aromatic rings. The van der Waals surface area contributed by atoms with Crippen molar-refractivity contribution in [1.29, 1.82) is 0 Å². The summed E-state index contributed by atoms with van der Waals surface area (Å²) >= 11 is 0. The second-order valence-corrected chi connectivity index (χ2v) is 11.7. The van der Waals surface area contributed by atoms with Gasteiger partial charge in [0.15, 0.2) is 0 Å². The molecule has 0 amide bonds. The van der Waals surface area contributed by atoms with Gasteiger partial charge in [0.05, 0.1) is 5.75 Å². The Labute approximate surface area is 229 Å². The van der Waals surface area contributed by atoms with Gasteiger partial charge in [-0.1, -0.05) is 18.2 Å². The van der Waals surface area contributed by atoms with Crippen LogP contribution in [0.5, 0.6) is 0 Å². The number of pyridine rings is 2. The van der Waals surface area contributed by atoms with Crippen molar-refractivity contribution in [3.8, 4) is 11.1 Å². The van der Waals surface area contributed by atoms with E-state index in [1.165, 1.54) is 30.5 Å². The maximum Gasteiger partial charge on any atom is 0.260 e. The zero-order valence-corrected chi connectivity index (χ0v) is 22.8. The molecule has 4 heterocycles. The summed E-state index contributed by atoms with van der Waals surface area (Å²) in [6.07, 6.45) is 2.39. The van der Waals surface area contributed by atoms with Crippen LogP contribution in [0.25, 0.3) is 22.2 Å². The molecule has 13 heteroatoms. The number of sulfonamides is 1. The molecule has 2 atom stereocenters. The molecule has 0 unspecified atom stereocenters. The molecule has 210 valence electrons. The van der Waals surface area contributed by atoms with E-state index in [9.17, 15) is 22.0 Å². The van der Waals surface area contributed by atoms with Crippen LogP contribution >= 0.6 is 0 Å². The molecule has 1 saturated heterocycles. The third kappa shape index (κ3) is 6.10. The largest absolute Gasteiger partial charge is 0.350 e. The minimum Gasteiger partial charge on any atom is -0.350 e. The van der Waals surface area contributed by atoms with Gasteiger partial charge in [-0.05, 0) is 38.1 Å². The number of nitrogens with one attached hydrogen (secondary N) is 3. The van der Waals surface area contributed by atoms with Crippen molar-refractivity contribution in [1.82, 2.24) is 24.8 Å². The lowest BCUT2D eigenvalue weighted by Crippen LogP contribution is -2.44. The molecule has 0 spiro atoms. The zero-order valence-electron chi connectivity index (χ0n) is 21.9. The summed E-state index contributed by atoms with van der Waals surface area (Å²) in [7, 11) is -3.93. The number of anilines is 2. The van der Waals surface area contributed by atoms with Gasteiger partial charge in [-0.15, -0.1) is 0 Å². The summed E-state index contributed by atoms with van der Waals surface area (Å²) in [5, 5.41) is 6.80.